The molecule has 1 saturated heterocycles. The number of nitrogens with zero attached hydrogens (tertiary/aromatic N) is 1. The van der Waals surface area contributed by atoms with Crippen LogP contribution in [-0.2, 0) is 11.3 Å². The SMILES string of the molecule is Cc1cccc2c1CN(C1CCC(=O)NC1)C2=O. The Morgan fingerprint density at radius 2 is 2.17 bits per heavy atom. The number of aryl methyl sites for hydroxylation is 1. The summed E-state index contributed by atoms with van der Waals surface area (Å²) < 4.78 is 0. The Balaban J connectivity index is 1.84. The van der Waals surface area contributed by atoms with E-state index >= 15 is 0 Å². The fourth-order valence-electron chi connectivity index (χ4n) is 2.79. The van der Waals surface area contributed by atoms with Gasteiger partial charge in [0.25, 0.3) is 5.91 Å². The fourth-order valence-corrected chi connectivity index (χ4v) is 2.79. The number of piperidine rings is 1. The summed E-state index contributed by atoms with van der Waals surface area (Å²) in [7, 11) is 0. The molecular formula is C14H16N2O2. The Morgan fingerprint density at radius 3 is 2.83 bits per heavy atom. The van der Waals surface area contributed by atoms with Gasteiger partial charge >= 0.3 is 0 Å². The lowest BCUT2D eigenvalue weighted by Gasteiger charge is -2.31. The molecule has 94 valence electrons. The second-order valence-electron chi connectivity index (χ2n) is 5.03. The highest BCUT2D eigenvalue weighted by atomic mass is 16.2. The van der Waals surface area contributed by atoms with E-state index in [1.165, 1.54) is 5.56 Å². The molecule has 1 aromatic rings. The molecule has 0 saturated carbocycles. The van der Waals surface area contributed by atoms with Gasteiger partial charge in [-0.1, -0.05) is 12.1 Å². The molecule has 1 N–H and O–H groups in total. The summed E-state index contributed by atoms with van der Waals surface area (Å²) in [6.07, 6.45) is 1.29. The molecule has 2 aliphatic heterocycles. The normalized spacial score (nSPS) is 22.9. The number of hydrogen-bond donors (Lipinski definition) is 1. The summed E-state index contributed by atoms with van der Waals surface area (Å²) in [6, 6.07) is 6.00. The molecule has 18 heavy (non-hydrogen) atoms. The van der Waals surface area contributed by atoms with E-state index in [-0.39, 0.29) is 17.9 Å². The van der Waals surface area contributed by atoms with Crippen LogP contribution < -0.4 is 5.32 Å². The summed E-state index contributed by atoms with van der Waals surface area (Å²) >= 11 is 0. The summed E-state index contributed by atoms with van der Waals surface area (Å²) in [4.78, 5) is 25.4. The smallest absolute Gasteiger partial charge is 0.254 e. The lowest BCUT2D eigenvalue weighted by Crippen LogP contribution is -2.48. The zero-order valence-corrected chi connectivity index (χ0v) is 10.4. The number of benzene rings is 1. The Morgan fingerprint density at radius 1 is 1.33 bits per heavy atom. The molecule has 0 radical (unpaired) electrons. The van der Waals surface area contributed by atoms with Gasteiger partial charge in [0.1, 0.15) is 0 Å². The van der Waals surface area contributed by atoms with Gasteiger partial charge in [0.15, 0.2) is 0 Å². The number of carbonyl (C=O) groups is 2. The van der Waals surface area contributed by atoms with Crippen molar-refractivity contribution >= 4 is 11.8 Å². The summed E-state index contributed by atoms with van der Waals surface area (Å²) in [6.45, 7) is 3.30. The molecule has 1 aromatic carbocycles. The van der Waals surface area contributed by atoms with Gasteiger partial charge in [-0.25, -0.2) is 0 Å². The van der Waals surface area contributed by atoms with Gasteiger partial charge in [-0.05, 0) is 30.5 Å². The molecule has 1 atom stereocenters. The first kappa shape index (κ1) is 11.3. The highest BCUT2D eigenvalue weighted by molar-refractivity contribution is 5.99. The van der Waals surface area contributed by atoms with Gasteiger partial charge in [0.05, 0.1) is 6.04 Å². The molecule has 1 unspecified atom stereocenters. The molecule has 4 heteroatoms. The fraction of sp³-hybridized carbons (Fsp3) is 0.429. The number of amides is 2. The Kier molecular flexibility index (Phi) is 2.58. The second-order valence-corrected chi connectivity index (χ2v) is 5.03. The van der Waals surface area contributed by atoms with Crippen molar-refractivity contribution < 1.29 is 9.59 Å². The van der Waals surface area contributed by atoms with Crippen LogP contribution in [-0.4, -0.2) is 29.3 Å². The van der Waals surface area contributed by atoms with Gasteiger partial charge in [-0.3, -0.25) is 9.59 Å². The predicted octanol–water partition coefficient (Wildman–Crippen LogP) is 1.23. The van der Waals surface area contributed by atoms with E-state index in [0.717, 1.165) is 17.5 Å². The lowest BCUT2D eigenvalue weighted by molar-refractivity contribution is -0.123. The molecule has 0 spiro atoms. The molecule has 0 aliphatic carbocycles. The third kappa shape index (κ3) is 1.68. The van der Waals surface area contributed by atoms with E-state index < -0.39 is 0 Å². The van der Waals surface area contributed by atoms with Gasteiger partial charge in [-0.2, -0.15) is 0 Å². The van der Waals surface area contributed by atoms with Gasteiger partial charge in [0.2, 0.25) is 5.91 Å². The van der Waals surface area contributed by atoms with Crippen molar-refractivity contribution in [2.75, 3.05) is 6.54 Å². The van der Waals surface area contributed by atoms with Gasteiger partial charge in [-0.15, -0.1) is 0 Å². The first-order chi connectivity index (χ1) is 8.66. The van der Waals surface area contributed by atoms with Crippen LogP contribution in [0.2, 0.25) is 0 Å². The minimum Gasteiger partial charge on any atom is -0.354 e. The largest absolute Gasteiger partial charge is 0.354 e. The lowest BCUT2D eigenvalue weighted by atomic mass is 10.1. The first-order valence-electron chi connectivity index (χ1n) is 6.33. The first-order valence-corrected chi connectivity index (χ1v) is 6.33. The van der Waals surface area contributed by atoms with Gasteiger partial charge in [0, 0.05) is 25.1 Å². The van der Waals surface area contributed by atoms with Crippen LogP contribution in [0.5, 0.6) is 0 Å². The topological polar surface area (TPSA) is 49.4 Å². The molecule has 2 aliphatic rings. The van der Waals surface area contributed by atoms with E-state index in [1.54, 1.807) is 0 Å². The highest BCUT2D eigenvalue weighted by Crippen LogP contribution is 2.28. The maximum absolute atomic E-state index is 12.3. The molecule has 4 nitrogen and oxygen atoms in total. The molecule has 2 amide bonds. The molecule has 0 aromatic heterocycles. The minimum atomic E-state index is 0.0894. The zero-order valence-electron chi connectivity index (χ0n) is 10.4. The van der Waals surface area contributed by atoms with Crippen LogP contribution in [0.15, 0.2) is 18.2 Å². The van der Waals surface area contributed by atoms with Crippen molar-refractivity contribution in [3.63, 3.8) is 0 Å². The van der Waals surface area contributed by atoms with E-state index in [0.29, 0.717) is 19.5 Å². The summed E-state index contributed by atoms with van der Waals surface area (Å²) in [5, 5.41) is 2.84. The molecule has 0 bridgehead atoms. The third-order valence-electron chi connectivity index (χ3n) is 3.91. The maximum Gasteiger partial charge on any atom is 0.254 e. The number of rotatable bonds is 1. The van der Waals surface area contributed by atoms with Crippen molar-refractivity contribution in [3.05, 3.63) is 34.9 Å². The van der Waals surface area contributed by atoms with Crippen molar-refractivity contribution in [3.8, 4) is 0 Å². The summed E-state index contributed by atoms with van der Waals surface area (Å²) in [5.74, 6) is 0.196. The number of carbonyl (C=O) groups excluding carboxylic acids is 2. The van der Waals surface area contributed by atoms with Crippen molar-refractivity contribution in [2.24, 2.45) is 0 Å². The van der Waals surface area contributed by atoms with Crippen molar-refractivity contribution in [1.29, 1.82) is 0 Å². The van der Waals surface area contributed by atoms with Gasteiger partial charge < -0.3 is 10.2 Å². The monoisotopic (exact) mass is 244 g/mol. The van der Waals surface area contributed by atoms with Crippen LogP contribution in [0.1, 0.15) is 34.3 Å². The third-order valence-corrected chi connectivity index (χ3v) is 3.91. The number of nitrogens with one attached hydrogen (secondary N) is 1. The average Bonchev–Trinajstić information content (AvgIpc) is 2.70. The van der Waals surface area contributed by atoms with Crippen LogP contribution in [0.25, 0.3) is 0 Å². The van der Waals surface area contributed by atoms with E-state index in [4.69, 9.17) is 0 Å². The predicted molar refractivity (Wildman–Crippen MR) is 67.1 cm³/mol. The highest BCUT2D eigenvalue weighted by Gasteiger charge is 2.34. The van der Waals surface area contributed by atoms with E-state index in [9.17, 15) is 9.59 Å². The number of fused-ring (bicyclic) bond motifs is 1. The summed E-state index contributed by atoms with van der Waals surface area (Å²) in [5.41, 5.74) is 3.13. The van der Waals surface area contributed by atoms with Crippen LogP contribution in [0.4, 0.5) is 0 Å². The average molecular weight is 244 g/mol. The van der Waals surface area contributed by atoms with E-state index in [1.807, 2.05) is 30.0 Å². The van der Waals surface area contributed by atoms with Crippen LogP contribution >= 0.6 is 0 Å². The van der Waals surface area contributed by atoms with Crippen molar-refractivity contribution in [2.45, 2.75) is 32.4 Å². The molecular weight excluding hydrogens is 228 g/mol. The molecule has 2 heterocycles. The van der Waals surface area contributed by atoms with Crippen molar-refractivity contribution in [1.82, 2.24) is 10.2 Å². The number of hydrogen-bond acceptors (Lipinski definition) is 2. The Labute approximate surface area is 106 Å². The standard InChI is InChI=1S/C14H16N2O2/c1-9-3-2-4-11-12(9)8-16(14(11)18)10-5-6-13(17)15-7-10/h2-4,10H,5-8H2,1H3,(H,15,17). The molecule has 1 fully saturated rings. The quantitative estimate of drug-likeness (QED) is 0.807. The second kappa shape index (κ2) is 4.12. The maximum atomic E-state index is 12.3. The zero-order chi connectivity index (χ0) is 12.7. The van der Waals surface area contributed by atoms with E-state index in [2.05, 4.69) is 5.32 Å². The Hall–Kier alpha value is -1.84. The minimum absolute atomic E-state index is 0.0894. The van der Waals surface area contributed by atoms with Crippen LogP contribution in [0.3, 0.4) is 0 Å². The molecule has 3 rings (SSSR count). The van der Waals surface area contributed by atoms with Crippen LogP contribution in [0, 0.1) is 6.92 Å². The Bertz CT molecular complexity index is 515.